The lowest BCUT2D eigenvalue weighted by molar-refractivity contribution is 0.0943. The van der Waals surface area contributed by atoms with Crippen molar-refractivity contribution < 1.29 is 4.79 Å². The van der Waals surface area contributed by atoms with Gasteiger partial charge in [0.1, 0.15) is 5.82 Å². The summed E-state index contributed by atoms with van der Waals surface area (Å²) in [4.78, 5) is 30.5. The van der Waals surface area contributed by atoms with Crippen LogP contribution in [0, 0.1) is 0 Å². The monoisotopic (exact) mass is 395 g/mol. The fraction of sp³-hybridized carbons (Fsp3) is 0.160. The molecular weight excluding hydrogens is 374 g/mol. The predicted octanol–water partition coefficient (Wildman–Crippen LogP) is 3.86. The SMILES string of the molecule is O=C(NC(c1ccccc1)c1ccccc1)c1ccc2c(=O)n3c(nc2c1)CCC3. The molecule has 0 saturated heterocycles. The molecule has 1 aliphatic rings. The number of aromatic nitrogens is 2. The Bertz CT molecular complexity index is 1240. The van der Waals surface area contributed by atoms with E-state index >= 15 is 0 Å². The molecule has 0 atom stereocenters. The fourth-order valence-corrected chi connectivity index (χ4v) is 4.09. The topological polar surface area (TPSA) is 64.0 Å². The largest absolute Gasteiger partial charge is 0.341 e. The molecule has 0 spiro atoms. The Labute approximate surface area is 174 Å². The Morgan fingerprint density at radius 3 is 2.27 bits per heavy atom. The van der Waals surface area contributed by atoms with Crippen molar-refractivity contribution in [3.63, 3.8) is 0 Å². The minimum Gasteiger partial charge on any atom is -0.341 e. The number of carbonyl (C=O) groups is 1. The van der Waals surface area contributed by atoms with Gasteiger partial charge >= 0.3 is 0 Å². The molecule has 148 valence electrons. The van der Waals surface area contributed by atoms with E-state index in [-0.39, 0.29) is 17.5 Å². The van der Waals surface area contributed by atoms with Gasteiger partial charge in [-0.3, -0.25) is 14.2 Å². The van der Waals surface area contributed by atoms with Crippen LogP contribution in [0.3, 0.4) is 0 Å². The van der Waals surface area contributed by atoms with Crippen LogP contribution in [-0.2, 0) is 13.0 Å². The maximum atomic E-state index is 13.1. The van der Waals surface area contributed by atoms with E-state index in [4.69, 9.17) is 0 Å². The highest BCUT2D eigenvalue weighted by atomic mass is 16.1. The molecule has 5 rings (SSSR count). The van der Waals surface area contributed by atoms with Crippen molar-refractivity contribution >= 4 is 16.8 Å². The average Bonchev–Trinajstić information content (AvgIpc) is 3.27. The zero-order valence-corrected chi connectivity index (χ0v) is 16.4. The highest BCUT2D eigenvalue weighted by Crippen LogP contribution is 2.23. The summed E-state index contributed by atoms with van der Waals surface area (Å²) in [6.45, 7) is 0.717. The van der Waals surface area contributed by atoms with Crippen molar-refractivity contribution in [1.29, 1.82) is 0 Å². The molecule has 4 aromatic rings. The first-order valence-electron chi connectivity index (χ1n) is 10.1. The minimum atomic E-state index is -0.269. The lowest BCUT2D eigenvalue weighted by Crippen LogP contribution is -2.29. The summed E-state index contributed by atoms with van der Waals surface area (Å²) >= 11 is 0. The van der Waals surface area contributed by atoms with Gasteiger partial charge in [-0.15, -0.1) is 0 Å². The summed E-state index contributed by atoms with van der Waals surface area (Å²) in [5.41, 5.74) is 3.07. The number of hydrogen-bond donors (Lipinski definition) is 1. The van der Waals surface area contributed by atoms with Crippen molar-refractivity contribution in [3.05, 3.63) is 112 Å². The van der Waals surface area contributed by atoms with Crippen LogP contribution < -0.4 is 10.9 Å². The summed E-state index contributed by atoms with van der Waals surface area (Å²) in [6, 6.07) is 24.7. The number of fused-ring (bicyclic) bond motifs is 2. The summed E-state index contributed by atoms with van der Waals surface area (Å²) in [5, 5.41) is 3.70. The van der Waals surface area contributed by atoms with Crippen LogP contribution in [0.4, 0.5) is 0 Å². The molecule has 5 heteroatoms. The normalized spacial score (nSPS) is 12.8. The molecule has 0 radical (unpaired) electrons. The molecule has 0 fully saturated rings. The third-order valence-electron chi connectivity index (χ3n) is 5.62. The molecule has 0 unspecified atom stereocenters. The second kappa shape index (κ2) is 7.59. The van der Waals surface area contributed by atoms with Crippen LogP contribution in [0.2, 0.25) is 0 Å². The number of benzene rings is 3. The molecule has 0 aliphatic carbocycles. The number of hydrogen-bond acceptors (Lipinski definition) is 3. The summed E-state index contributed by atoms with van der Waals surface area (Å²) in [7, 11) is 0. The molecule has 1 amide bonds. The smallest absolute Gasteiger partial charge is 0.261 e. The minimum absolute atomic E-state index is 0.0223. The molecule has 2 heterocycles. The third kappa shape index (κ3) is 3.28. The lowest BCUT2D eigenvalue weighted by atomic mass is 9.98. The van der Waals surface area contributed by atoms with Crippen molar-refractivity contribution in [2.45, 2.75) is 25.4 Å². The number of nitrogens with one attached hydrogen (secondary N) is 1. The standard InChI is InChI=1S/C25H21N3O2/c29-24(27-23(17-8-3-1-4-9-17)18-10-5-2-6-11-18)19-13-14-20-21(16-19)26-22-12-7-15-28(22)25(20)30/h1-6,8-11,13-14,16,23H,7,12,15H2,(H,27,29). The summed E-state index contributed by atoms with van der Waals surface area (Å²) in [5.74, 6) is 0.605. The number of carbonyl (C=O) groups excluding carboxylic acids is 1. The maximum absolute atomic E-state index is 13.1. The van der Waals surface area contributed by atoms with Gasteiger partial charge in [-0.25, -0.2) is 4.98 Å². The van der Waals surface area contributed by atoms with E-state index in [1.54, 1.807) is 22.8 Å². The van der Waals surface area contributed by atoms with Gasteiger partial charge in [-0.2, -0.15) is 0 Å². The number of aryl methyl sites for hydroxylation is 1. The number of amides is 1. The van der Waals surface area contributed by atoms with Crippen molar-refractivity contribution in [3.8, 4) is 0 Å². The van der Waals surface area contributed by atoms with E-state index in [0.717, 1.165) is 36.3 Å². The van der Waals surface area contributed by atoms with E-state index < -0.39 is 0 Å². The number of nitrogens with zero attached hydrogens (tertiary/aromatic N) is 2. The zero-order valence-electron chi connectivity index (χ0n) is 16.4. The van der Waals surface area contributed by atoms with Gasteiger partial charge < -0.3 is 5.32 Å². The van der Waals surface area contributed by atoms with E-state index in [1.165, 1.54) is 0 Å². The van der Waals surface area contributed by atoms with Crippen molar-refractivity contribution in [2.24, 2.45) is 0 Å². The average molecular weight is 395 g/mol. The Hall–Kier alpha value is -3.73. The van der Waals surface area contributed by atoms with Gasteiger partial charge in [0.05, 0.1) is 16.9 Å². The van der Waals surface area contributed by atoms with Gasteiger partial charge in [-0.05, 0) is 35.7 Å². The molecule has 3 aromatic carbocycles. The van der Waals surface area contributed by atoms with Crippen LogP contribution in [0.1, 0.15) is 39.8 Å². The molecule has 0 bridgehead atoms. The molecule has 1 aliphatic heterocycles. The van der Waals surface area contributed by atoms with E-state index in [0.29, 0.717) is 16.5 Å². The predicted molar refractivity (Wildman–Crippen MR) is 117 cm³/mol. The first-order chi connectivity index (χ1) is 14.7. The van der Waals surface area contributed by atoms with E-state index in [9.17, 15) is 9.59 Å². The second-order valence-corrected chi connectivity index (χ2v) is 7.55. The quantitative estimate of drug-likeness (QED) is 0.571. The Balaban J connectivity index is 1.51. The molecule has 5 nitrogen and oxygen atoms in total. The van der Waals surface area contributed by atoms with Gasteiger partial charge in [-0.1, -0.05) is 60.7 Å². The van der Waals surface area contributed by atoms with Gasteiger partial charge in [0, 0.05) is 18.5 Å². The Morgan fingerprint density at radius 1 is 0.933 bits per heavy atom. The highest BCUT2D eigenvalue weighted by Gasteiger charge is 2.20. The molecule has 1 aromatic heterocycles. The molecular formula is C25H21N3O2. The fourth-order valence-electron chi connectivity index (χ4n) is 4.09. The first-order valence-corrected chi connectivity index (χ1v) is 10.1. The number of rotatable bonds is 4. The second-order valence-electron chi connectivity index (χ2n) is 7.55. The van der Waals surface area contributed by atoms with Crippen LogP contribution in [0.15, 0.2) is 83.7 Å². The Kier molecular flexibility index (Phi) is 4.64. The summed E-state index contributed by atoms with van der Waals surface area (Å²) in [6.07, 6.45) is 1.73. The van der Waals surface area contributed by atoms with Crippen LogP contribution in [0.5, 0.6) is 0 Å². The van der Waals surface area contributed by atoms with Crippen LogP contribution in [0.25, 0.3) is 10.9 Å². The third-order valence-corrected chi connectivity index (χ3v) is 5.62. The van der Waals surface area contributed by atoms with Gasteiger partial charge in [0.2, 0.25) is 0 Å². The van der Waals surface area contributed by atoms with Crippen LogP contribution in [-0.4, -0.2) is 15.5 Å². The van der Waals surface area contributed by atoms with Gasteiger partial charge in [0.15, 0.2) is 0 Å². The molecule has 1 N–H and O–H groups in total. The highest BCUT2D eigenvalue weighted by molar-refractivity contribution is 5.98. The summed E-state index contributed by atoms with van der Waals surface area (Å²) < 4.78 is 1.74. The van der Waals surface area contributed by atoms with E-state index in [2.05, 4.69) is 10.3 Å². The van der Waals surface area contributed by atoms with Gasteiger partial charge in [0.25, 0.3) is 11.5 Å². The first kappa shape index (κ1) is 18.3. The molecule has 30 heavy (non-hydrogen) atoms. The van der Waals surface area contributed by atoms with Crippen LogP contribution >= 0.6 is 0 Å². The van der Waals surface area contributed by atoms with Crippen molar-refractivity contribution in [1.82, 2.24) is 14.9 Å². The molecule has 0 saturated carbocycles. The Morgan fingerprint density at radius 2 is 1.60 bits per heavy atom. The maximum Gasteiger partial charge on any atom is 0.261 e. The lowest BCUT2D eigenvalue weighted by Gasteiger charge is -2.20. The van der Waals surface area contributed by atoms with E-state index in [1.807, 2.05) is 60.7 Å². The zero-order chi connectivity index (χ0) is 20.5. The van der Waals surface area contributed by atoms with Crippen molar-refractivity contribution in [2.75, 3.05) is 0 Å².